The molecule has 0 bridgehead atoms. The molecule has 1 atom stereocenters. The molecular formula is C14H12Cl3N3O3. The molecule has 122 valence electrons. The van der Waals surface area contributed by atoms with Crippen LogP contribution in [0.3, 0.4) is 0 Å². The Bertz CT molecular complexity index is 728. The number of carbonyl (C=O) groups excluding carboxylic acids is 1. The van der Waals surface area contributed by atoms with Crippen molar-refractivity contribution in [1.82, 2.24) is 9.97 Å². The van der Waals surface area contributed by atoms with Crippen LogP contribution in [0.1, 0.15) is 6.92 Å². The molecule has 23 heavy (non-hydrogen) atoms. The molecule has 0 saturated heterocycles. The molecule has 1 unspecified atom stereocenters. The Labute approximate surface area is 147 Å². The monoisotopic (exact) mass is 375 g/mol. The van der Waals surface area contributed by atoms with E-state index in [2.05, 4.69) is 15.3 Å². The number of nitrogens with one attached hydrogen (secondary N) is 1. The van der Waals surface area contributed by atoms with Crippen molar-refractivity contribution in [3.63, 3.8) is 0 Å². The molecule has 6 nitrogen and oxygen atoms in total. The Kier molecular flexibility index (Phi) is 5.87. The number of hydrogen-bond donors (Lipinski definition) is 1. The van der Waals surface area contributed by atoms with Crippen LogP contribution in [0.15, 0.2) is 24.3 Å². The third kappa shape index (κ3) is 4.86. The number of benzene rings is 1. The van der Waals surface area contributed by atoms with Crippen molar-refractivity contribution in [2.24, 2.45) is 0 Å². The first kappa shape index (κ1) is 17.6. The molecule has 0 radical (unpaired) electrons. The summed E-state index contributed by atoms with van der Waals surface area (Å²) in [5.74, 6) is 0.107. The Morgan fingerprint density at radius 3 is 2.61 bits per heavy atom. The minimum atomic E-state index is -0.845. The lowest BCUT2D eigenvalue weighted by Crippen LogP contribution is -2.31. The standard InChI is InChI=1S/C14H12Cl3N3O3/c1-7(23-10-4-3-8(15)5-9(10)16)13(21)20-14-18-11(17)6-12(19-14)22-2/h3-7H,1-2H3,(H,18,19,20,21). The summed E-state index contributed by atoms with van der Waals surface area (Å²) < 4.78 is 10.5. The number of hydrogen-bond acceptors (Lipinski definition) is 5. The first-order chi connectivity index (χ1) is 10.9. The Morgan fingerprint density at radius 1 is 1.22 bits per heavy atom. The summed E-state index contributed by atoms with van der Waals surface area (Å²) >= 11 is 17.6. The molecule has 9 heteroatoms. The number of aromatic nitrogens is 2. The van der Waals surface area contributed by atoms with Crippen LogP contribution in [0.25, 0.3) is 0 Å². The number of methoxy groups -OCH3 is 1. The van der Waals surface area contributed by atoms with E-state index in [0.29, 0.717) is 15.8 Å². The summed E-state index contributed by atoms with van der Waals surface area (Å²) in [6.07, 6.45) is -0.845. The summed E-state index contributed by atoms with van der Waals surface area (Å²) in [5.41, 5.74) is 0. The van der Waals surface area contributed by atoms with Crippen LogP contribution in [0.4, 0.5) is 5.95 Å². The molecule has 0 aliphatic carbocycles. The van der Waals surface area contributed by atoms with E-state index in [9.17, 15) is 4.79 Å². The van der Waals surface area contributed by atoms with E-state index in [-0.39, 0.29) is 17.0 Å². The van der Waals surface area contributed by atoms with Gasteiger partial charge in [0.2, 0.25) is 11.8 Å². The lowest BCUT2D eigenvalue weighted by atomic mass is 10.3. The molecule has 2 rings (SSSR count). The van der Waals surface area contributed by atoms with Crippen molar-refractivity contribution in [3.8, 4) is 11.6 Å². The molecule has 0 saturated carbocycles. The van der Waals surface area contributed by atoms with E-state index in [1.807, 2.05) is 0 Å². The van der Waals surface area contributed by atoms with E-state index in [1.165, 1.54) is 19.2 Å². The van der Waals surface area contributed by atoms with E-state index in [0.717, 1.165) is 0 Å². The topological polar surface area (TPSA) is 73.3 Å². The highest BCUT2D eigenvalue weighted by molar-refractivity contribution is 6.35. The van der Waals surface area contributed by atoms with Crippen molar-refractivity contribution < 1.29 is 14.3 Å². The third-order valence-corrected chi connectivity index (χ3v) is 3.41. The molecule has 1 aromatic heterocycles. The maximum Gasteiger partial charge on any atom is 0.267 e. The average Bonchev–Trinajstić information content (AvgIpc) is 2.49. The average molecular weight is 377 g/mol. The second-order valence-electron chi connectivity index (χ2n) is 4.38. The van der Waals surface area contributed by atoms with Crippen LogP contribution < -0.4 is 14.8 Å². The highest BCUT2D eigenvalue weighted by atomic mass is 35.5. The van der Waals surface area contributed by atoms with Gasteiger partial charge in [0, 0.05) is 11.1 Å². The van der Waals surface area contributed by atoms with Crippen molar-refractivity contribution in [2.75, 3.05) is 12.4 Å². The van der Waals surface area contributed by atoms with Crippen molar-refractivity contribution in [2.45, 2.75) is 13.0 Å². The highest BCUT2D eigenvalue weighted by Crippen LogP contribution is 2.28. The Hall–Kier alpha value is -1.76. The van der Waals surface area contributed by atoms with Crippen LogP contribution in [-0.2, 0) is 4.79 Å². The fraction of sp³-hybridized carbons (Fsp3) is 0.214. The molecule has 0 aliphatic rings. The lowest BCUT2D eigenvalue weighted by molar-refractivity contribution is -0.122. The van der Waals surface area contributed by atoms with Gasteiger partial charge in [0.05, 0.1) is 12.1 Å². The second-order valence-corrected chi connectivity index (χ2v) is 5.61. The summed E-state index contributed by atoms with van der Waals surface area (Å²) in [7, 11) is 1.43. The third-order valence-electron chi connectivity index (χ3n) is 2.68. The minimum absolute atomic E-state index is 0.0111. The van der Waals surface area contributed by atoms with Crippen molar-refractivity contribution in [1.29, 1.82) is 0 Å². The largest absolute Gasteiger partial charge is 0.481 e. The normalized spacial score (nSPS) is 11.7. The van der Waals surface area contributed by atoms with E-state index >= 15 is 0 Å². The summed E-state index contributed by atoms with van der Waals surface area (Å²) in [6, 6.07) is 6.13. The van der Waals surface area contributed by atoms with Crippen LogP contribution in [0, 0.1) is 0 Å². The first-order valence-electron chi connectivity index (χ1n) is 6.40. The Balaban J connectivity index is 2.06. The zero-order valence-electron chi connectivity index (χ0n) is 12.1. The van der Waals surface area contributed by atoms with E-state index < -0.39 is 12.0 Å². The quantitative estimate of drug-likeness (QED) is 0.802. The van der Waals surface area contributed by atoms with Gasteiger partial charge in [0.15, 0.2) is 6.10 Å². The molecule has 1 N–H and O–H groups in total. The van der Waals surface area contributed by atoms with Crippen LogP contribution in [0.5, 0.6) is 11.6 Å². The van der Waals surface area contributed by atoms with Gasteiger partial charge in [-0.25, -0.2) is 4.98 Å². The number of nitrogens with zero attached hydrogens (tertiary/aromatic N) is 2. The van der Waals surface area contributed by atoms with Crippen LogP contribution >= 0.6 is 34.8 Å². The molecular weight excluding hydrogens is 365 g/mol. The predicted molar refractivity (Wildman–Crippen MR) is 88.8 cm³/mol. The second kappa shape index (κ2) is 7.68. The van der Waals surface area contributed by atoms with Gasteiger partial charge in [-0.05, 0) is 25.1 Å². The zero-order chi connectivity index (χ0) is 17.0. The Morgan fingerprint density at radius 2 is 1.96 bits per heavy atom. The number of rotatable bonds is 5. The highest BCUT2D eigenvalue weighted by Gasteiger charge is 2.18. The lowest BCUT2D eigenvalue weighted by Gasteiger charge is -2.15. The van der Waals surface area contributed by atoms with Crippen molar-refractivity contribution >= 4 is 46.7 Å². The van der Waals surface area contributed by atoms with Gasteiger partial charge in [0.1, 0.15) is 10.9 Å². The number of amides is 1. The molecule has 0 fully saturated rings. The summed E-state index contributed by atoms with van der Waals surface area (Å²) in [5, 5.41) is 3.40. The van der Waals surface area contributed by atoms with Gasteiger partial charge in [-0.15, -0.1) is 0 Å². The molecule has 1 amide bonds. The van der Waals surface area contributed by atoms with Crippen LogP contribution in [0.2, 0.25) is 15.2 Å². The summed E-state index contributed by atoms with van der Waals surface area (Å²) in [4.78, 5) is 20.0. The fourth-order valence-electron chi connectivity index (χ4n) is 1.58. The van der Waals surface area contributed by atoms with E-state index in [4.69, 9.17) is 44.3 Å². The number of ether oxygens (including phenoxy) is 2. The summed E-state index contributed by atoms with van der Waals surface area (Å²) in [6.45, 7) is 1.56. The van der Waals surface area contributed by atoms with Gasteiger partial charge in [-0.3, -0.25) is 10.1 Å². The number of halogens is 3. The minimum Gasteiger partial charge on any atom is -0.481 e. The molecule has 2 aromatic rings. The zero-order valence-corrected chi connectivity index (χ0v) is 14.4. The molecule has 0 aliphatic heterocycles. The van der Waals surface area contributed by atoms with Gasteiger partial charge >= 0.3 is 0 Å². The van der Waals surface area contributed by atoms with Gasteiger partial charge < -0.3 is 9.47 Å². The van der Waals surface area contributed by atoms with E-state index in [1.54, 1.807) is 19.1 Å². The van der Waals surface area contributed by atoms with Crippen LogP contribution in [-0.4, -0.2) is 29.1 Å². The first-order valence-corrected chi connectivity index (χ1v) is 7.53. The maximum atomic E-state index is 12.1. The van der Waals surface area contributed by atoms with Gasteiger partial charge in [-0.2, -0.15) is 4.98 Å². The molecule has 1 aromatic carbocycles. The number of carbonyl (C=O) groups is 1. The van der Waals surface area contributed by atoms with Gasteiger partial charge in [0.25, 0.3) is 5.91 Å². The number of anilines is 1. The molecule has 1 heterocycles. The maximum absolute atomic E-state index is 12.1. The predicted octanol–water partition coefficient (Wildman–Crippen LogP) is 3.85. The van der Waals surface area contributed by atoms with Gasteiger partial charge in [-0.1, -0.05) is 34.8 Å². The SMILES string of the molecule is COc1cc(Cl)nc(NC(=O)C(C)Oc2ccc(Cl)cc2Cl)n1. The smallest absolute Gasteiger partial charge is 0.267 e. The van der Waals surface area contributed by atoms with Crippen molar-refractivity contribution in [3.05, 3.63) is 39.5 Å². The molecule has 0 spiro atoms. The fourth-order valence-corrected chi connectivity index (χ4v) is 2.21.